The molecule has 15 heavy (non-hydrogen) atoms. The molecule has 0 saturated carbocycles. The molecule has 2 atom stereocenters. The van der Waals surface area contributed by atoms with Crippen molar-refractivity contribution < 1.29 is 0 Å². The van der Waals surface area contributed by atoms with E-state index in [1.807, 2.05) is 0 Å². The van der Waals surface area contributed by atoms with Crippen LogP contribution in [0.5, 0.6) is 0 Å². The quantitative estimate of drug-likeness (QED) is 0.697. The molecule has 86 valence electrons. The predicted molar refractivity (Wildman–Crippen MR) is 65.0 cm³/mol. The summed E-state index contributed by atoms with van der Waals surface area (Å²) in [4.78, 5) is 2.63. The monoisotopic (exact) mass is 208 g/mol. The molecule has 0 spiro atoms. The Balaban J connectivity index is 1.85. The van der Waals surface area contributed by atoms with Crippen LogP contribution in [-0.2, 0) is 0 Å². The maximum Gasteiger partial charge on any atom is 0.0193 e. The maximum absolute atomic E-state index is 3.32. The number of likely N-dealkylation sites (tertiary alicyclic amines) is 1. The largest absolute Gasteiger partial charge is 0.309 e. The van der Waals surface area contributed by atoms with E-state index < -0.39 is 0 Å². The van der Waals surface area contributed by atoms with E-state index in [4.69, 9.17) is 0 Å². The lowest BCUT2D eigenvalue weighted by Crippen LogP contribution is -2.41. The number of rotatable bonds is 2. The van der Waals surface area contributed by atoms with Gasteiger partial charge in [-0.15, -0.1) is 0 Å². The van der Waals surface area contributed by atoms with Crippen molar-refractivity contribution in [2.75, 3.05) is 32.7 Å². The summed E-state index contributed by atoms with van der Waals surface area (Å²) in [5, 5.41) is 3.32. The molecule has 2 rings (SSSR count). The summed E-state index contributed by atoms with van der Waals surface area (Å²) in [6, 6.07) is 0. The lowest BCUT2D eigenvalue weighted by molar-refractivity contribution is 0.148. The Hall–Kier alpha value is -0.340. The van der Waals surface area contributed by atoms with Crippen LogP contribution in [-0.4, -0.2) is 37.6 Å². The molecule has 2 aliphatic rings. The zero-order valence-corrected chi connectivity index (χ0v) is 10.3. The lowest BCUT2D eigenvalue weighted by Gasteiger charge is -2.36. The molecule has 1 N–H and O–H groups in total. The van der Waals surface area contributed by atoms with Crippen molar-refractivity contribution in [2.24, 2.45) is 11.8 Å². The molecule has 2 fully saturated rings. The highest BCUT2D eigenvalue weighted by atomic mass is 15.1. The SMILES string of the molecule is CC(CN1CCC(C)C(C)C1)=C1CNC1. The minimum atomic E-state index is 0.871. The van der Waals surface area contributed by atoms with Crippen LogP contribution < -0.4 is 5.32 Å². The summed E-state index contributed by atoms with van der Waals surface area (Å²) in [5.41, 5.74) is 3.25. The van der Waals surface area contributed by atoms with Gasteiger partial charge in [-0.25, -0.2) is 0 Å². The molecule has 2 heteroatoms. The zero-order chi connectivity index (χ0) is 10.8. The van der Waals surface area contributed by atoms with Gasteiger partial charge in [-0.1, -0.05) is 19.4 Å². The van der Waals surface area contributed by atoms with Crippen LogP contribution in [0.1, 0.15) is 27.2 Å². The highest BCUT2D eigenvalue weighted by Crippen LogP contribution is 2.23. The summed E-state index contributed by atoms with van der Waals surface area (Å²) in [6.45, 7) is 13.1. The van der Waals surface area contributed by atoms with Crippen molar-refractivity contribution in [2.45, 2.75) is 27.2 Å². The lowest BCUT2D eigenvalue weighted by atomic mass is 9.88. The van der Waals surface area contributed by atoms with Gasteiger partial charge in [0.2, 0.25) is 0 Å². The molecule has 0 aromatic rings. The van der Waals surface area contributed by atoms with Crippen LogP contribution in [0, 0.1) is 11.8 Å². The van der Waals surface area contributed by atoms with Gasteiger partial charge in [0.1, 0.15) is 0 Å². The van der Waals surface area contributed by atoms with Gasteiger partial charge in [0.25, 0.3) is 0 Å². The van der Waals surface area contributed by atoms with E-state index >= 15 is 0 Å². The third kappa shape index (κ3) is 2.61. The topological polar surface area (TPSA) is 15.3 Å². The first kappa shape index (κ1) is 11.2. The molecule has 2 aliphatic heterocycles. The van der Waals surface area contributed by atoms with Crippen molar-refractivity contribution in [1.29, 1.82) is 0 Å². The van der Waals surface area contributed by atoms with Gasteiger partial charge < -0.3 is 5.32 Å². The first-order chi connectivity index (χ1) is 7.16. The second-order valence-corrected chi connectivity index (χ2v) is 5.47. The Bertz CT molecular complexity index is 251. The number of piperidine rings is 1. The first-order valence-electron chi connectivity index (χ1n) is 6.27. The average Bonchev–Trinajstić information content (AvgIpc) is 2.08. The van der Waals surface area contributed by atoms with Gasteiger partial charge in [0.15, 0.2) is 0 Å². The van der Waals surface area contributed by atoms with E-state index in [9.17, 15) is 0 Å². The Morgan fingerprint density at radius 3 is 2.60 bits per heavy atom. The van der Waals surface area contributed by atoms with E-state index in [0.717, 1.165) is 24.9 Å². The number of hydrogen-bond acceptors (Lipinski definition) is 2. The Morgan fingerprint density at radius 2 is 2.07 bits per heavy atom. The highest BCUT2D eigenvalue weighted by molar-refractivity contribution is 5.22. The maximum atomic E-state index is 3.32. The molecule has 0 radical (unpaired) electrons. The van der Waals surface area contributed by atoms with E-state index in [0.29, 0.717) is 0 Å². The van der Waals surface area contributed by atoms with Gasteiger partial charge in [0.05, 0.1) is 0 Å². The van der Waals surface area contributed by atoms with Crippen LogP contribution in [0.25, 0.3) is 0 Å². The molecule has 0 bridgehead atoms. The summed E-state index contributed by atoms with van der Waals surface area (Å²) in [5.74, 6) is 1.79. The van der Waals surface area contributed by atoms with E-state index in [1.165, 1.54) is 26.1 Å². The standard InChI is InChI=1S/C13H24N2/c1-10-4-5-15(8-11(10)2)9-12(3)13-6-14-7-13/h10-11,14H,4-9H2,1-3H3. The molecular formula is C13H24N2. The molecule has 0 aliphatic carbocycles. The van der Waals surface area contributed by atoms with Crippen LogP contribution in [0.15, 0.2) is 11.1 Å². The highest BCUT2D eigenvalue weighted by Gasteiger charge is 2.23. The molecule has 2 heterocycles. The fourth-order valence-electron chi connectivity index (χ4n) is 2.49. The Morgan fingerprint density at radius 1 is 1.33 bits per heavy atom. The molecule has 0 aromatic heterocycles. The van der Waals surface area contributed by atoms with E-state index in [-0.39, 0.29) is 0 Å². The van der Waals surface area contributed by atoms with Crippen LogP contribution in [0.3, 0.4) is 0 Å². The first-order valence-corrected chi connectivity index (χ1v) is 6.27. The third-order valence-electron chi connectivity index (χ3n) is 4.16. The Kier molecular flexibility index (Phi) is 3.47. The fraction of sp³-hybridized carbons (Fsp3) is 0.846. The third-order valence-corrected chi connectivity index (χ3v) is 4.16. The Labute approximate surface area is 93.7 Å². The van der Waals surface area contributed by atoms with Crippen molar-refractivity contribution in [3.63, 3.8) is 0 Å². The number of nitrogens with one attached hydrogen (secondary N) is 1. The molecular weight excluding hydrogens is 184 g/mol. The van der Waals surface area contributed by atoms with Crippen molar-refractivity contribution in [3.05, 3.63) is 11.1 Å². The van der Waals surface area contributed by atoms with Crippen molar-refractivity contribution in [1.82, 2.24) is 10.2 Å². The van der Waals surface area contributed by atoms with Crippen molar-refractivity contribution in [3.8, 4) is 0 Å². The molecule has 2 nitrogen and oxygen atoms in total. The molecule has 2 unspecified atom stereocenters. The van der Waals surface area contributed by atoms with Gasteiger partial charge in [0, 0.05) is 26.2 Å². The summed E-state index contributed by atoms with van der Waals surface area (Å²) < 4.78 is 0. The normalized spacial score (nSPS) is 32.6. The number of nitrogens with zero attached hydrogens (tertiary/aromatic N) is 1. The number of hydrogen-bond donors (Lipinski definition) is 1. The summed E-state index contributed by atoms with van der Waals surface area (Å²) in [6.07, 6.45) is 1.38. The zero-order valence-electron chi connectivity index (χ0n) is 10.3. The van der Waals surface area contributed by atoms with E-state index in [1.54, 1.807) is 11.1 Å². The van der Waals surface area contributed by atoms with Crippen LogP contribution in [0.4, 0.5) is 0 Å². The second-order valence-electron chi connectivity index (χ2n) is 5.47. The second kappa shape index (κ2) is 4.67. The van der Waals surface area contributed by atoms with Gasteiger partial charge in [-0.2, -0.15) is 0 Å². The van der Waals surface area contributed by atoms with Crippen LogP contribution in [0.2, 0.25) is 0 Å². The molecule has 0 aromatic carbocycles. The van der Waals surface area contributed by atoms with Crippen LogP contribution >= 0.6 is 0 Å². The predicted octanol–water partition coefficient (Wildman–Crippen LogP) is 1.88. The summed E-state index contributed by atoms with van der Waals surface area (Å²) >= 11 is 0. The van der Waals surface area contributed by atoms with E-state index in [2.05, 4.69) is 31.0 Å². The molecule has 0 amide bonds. The van der Waals surface area contributed by atoms with Gasteiger partial charge in [-0.3, -0.25) is 4.90 Å². The smallest absolute Gasteiger partial charge is 0.0193 e. The minimum absolute atomic E-state index is 0.871. The van der Waals surface area contributed by atoms with Gasteiger partial charge >= 0.3 is 0 Å². The van der Waals surface area contributed by atoms with Gasteiger partial charge in [-0.05, 0) is 37.3 Å². The molecule has 2 saturated heterocycles. The average molecular weight is 208 g/mol. The van der Waals surface area contributed by atoms with Crippen molar-refractivity contribution >= 4 is 0 Å². The minimum Gasteiger partial charge on any atom is -0.309 e. The summed E-state index contributed by atoms with van der Waals surface area (Å²) in [7, 11) is 0. The fourth-order valence-corrected chi connectivity index (χ4v) is 2.49.